The molecule has 1 aromatic rings. The third kappa shape index (κ3) is 4.81. The molecule has 84 valence electrons. The maximum atomic E-state index is 5.56. The van der Waals surface area contributed by atoms with Crippen molar-refractivity contribution in [1.82, 2.24) is 10.4 Å². The standard InChI is InChI=1S/C12H20N2O/c1-10(2)15-12-7-5-11(6-8-12)9-13-14(3)4/h5-8,10,13H,9H2,1-4H3. The average molecular weight is 208 g/mol. The lowest BCUT2D eigenvalue weighted by Crippen LogP contribution is -2.29. The highest BCUT2D eigenvalue weighted by Gasteiger charge is 1.98. The molecule has 0 aliphatic heterocycles. The van der Waals surface area contributed by atoms with E-state index in [4.69, 9.17) is 4.74 Å². The molecule has 1 N–H and O–H groups in total. The van der Waals surface area contributed by atoms with Crippen LogP contribution in [0.5, 0.6) is 5.75 Å². The van der Waals surface area contributed by atoms with Gasteiger partial charge >= 0.3 is 0 Å². The van der Waals surface area contributed by atoms with Gasteiger partial charge in [-0.2, -0.15) is 0 Å². The summed E-state index contributed by atoms with van der Waals surface area (Å²) in [4.78, 5) is 0. The van der Waals surface area contributed by atoms with Crippen molar-refractivity contribution in [3.05, 3.63) is 29.8 Å². The summed E-state index contributed by atoms with van der Waals surface area (Å²) in [5.74, 6) is 0.929. The third-order valence-electron chi connectivity index (χ3n) is 1.89. The Morgan fingerprint density at radius 1 is 1.20 bits per heavy atom. The molecule has 1 rings (SSSR count). The average Bonchev–Trinajstić information content (AvgIpc) is 2.16. The van der Waals surface area contributed by atoms with E-state index < -0.39 is 0 Å². The largest absolute Gasteiger partial charge is 0.491 e. The van der Waals surface area contributed by atoms with Gasteiger partial charge in [0.25, 0.3) is 0 Å². The molecule has 0 heterocycles. The molecule has 0 fully saturated rings. The molecule has 0 saturated heterocycles. The fourth-order valence-electron chi connectivity index (χ4n) is 1.21. The SMILES string of the molecule is CC(C)Oc1ccc(CNN(C)C)cc1. The first-order valence-electron chi connectivity index (χ1n) is 5.24. The number of benzene rings is 1. The Kier molecular flexibility index (Phi) is 4.59. The second kappa shape index (κ2) is 5.73. The van der Waals surface area contributed by atoms with E-state index in [0.717, 1.165) is 12.3 Å². The number of hydrazine groups is 1. The van der Waals surface area contributed by atoms with E-state index in [-0.39, 0.29) is 6.10 Å². The zero-order valence-corrected chi connectivity index (χ0v) is 9.95. The highest BCUT2D eigenvalue weighted by Crippen LogP contribution is 2.13. The van der Waals surface area contributed by atoms with Crippen LogP contribution in [-0.2, 0) is 6.54 Å². The number of nitrogens with one attached hydrogen (secondary N) is 1. The quantitative estimate of drug-likeness (QED) is 0.749. The molecular formula is C12H20N2O. The van der Waals surface area contributed by atoms with Gasteiger partial charge in [0.05, 0.1) is 6.10 Å². The van der Waals surface area contributed by atoms with Crippen LogP contribution in [0.15, 0.2) is 24.3 Å². The first-order valence-corrected chi connectivity index (χ1v) is 5.24. The molecule has 0 bridgehead atoms. The molecule has 1 aromatic carbocycles. The molecule has 0 aliphatic carbocycles. The predicted octanol–water partition coefficient (Wildman–Crippen LogP) is 2.04. The minimum absolute atomic E-state index is 0.232. The minimum Gasteiger partial charge on any atom is -0.491 e. The molecule has 15 heavy (non-hydrogen) atoms. The highest BCUT2D eigenvalue weighted by molar-refractivity contribution is 5.27. The Morgan fingerprint density at radius 3 is 2.27 bits per heavy atom. The van der Waals surface area contributed by atoms with Gasteiger partial charge in [-0.3, -0.25) is 10.4 Å². The Morgan fingerprint density at radius 2 is 1.80 bits per heavy atom. The van der Waals surface area contributed by atoms with E-state index in [0.29, 0.717) is 0 Å². The molecule has 3 nitrogen and oxygen atoms in total. The summed E-state index contributed by atoms with van der Waals surface area (Å²) in [6, 6.07) is 8.17. The van der Waals surface area contributed by atoms with Crippen LogP contribution >= 0.6 is 0 Å². The van der Waals surface area contributed by atoms with Crippen molar-refractivity contribution < 1.29 is 4.74 Å². The fraction of sp³-hybridized carbons (Fsp3) is 0.500. The summed E-state index contributed by atoms with van der Waals surface area (Å²) < 4.78 is 5.56. The van der Waals surface area contributed by atoms with E-state index in [1.807, 2.05) is 45.1 Å². The van der Waals surface area contributed by atoms with Crippen LogP contribution in [0, 0.1) is 0 Å². The van der Waals surface area contributed by atoms with Gasteiger partial charge in [-0.1, -0.05) is 12.1 Å². The molecule has 0 aliphatic rings. The summed E-state index contributed by atoms with van der Waals surface area (Å²) in [7, 11) is 3.96. The third-order valence-corrected chi connectivity index (χ3v) is 1.89. The van der Waals surface area contributed by atoms with Crippen LogP contribution < -0.4 is 10.2 Å². The molecule has 0 aromatic heterocycles. The second-order valence-electron chi connectivity index (χ2n) is 4.04. The number of nitrogens with zero attached hydrogens (tertiary/aromatic N) is 1. The molecule has 0 spiro atoms. The van der Waals surface area contributed by atoms with Crippen molar-refractivity contribution >= 4 is 0 Å². The maximum absolute atomic E-state index is 5.56. The van der Waals surface area contributed by atoms with Crippen molar-refractivity contribution in [3.63, 3.8) is 0 Å². The van der Waals surface area contributed by atoms with Gasteiger partial charge in [-0.05, 0) is 31.5 Å². The monoisotopic (exact) mass is 208 g/mol. The summed E-state index contributed by atoms with van der Waals surface area (Å²) in [6.07, 6.45) is 0.232. The normalized spacial score (nSPS) is 11.1. The number of hydrogen-bond acceptors (Lipinski definition) is 3. The Bertz CT molecular complexity index is 280. The number of ether oxygens (including phenoxy) is 1. The van der Waals surface area contributed by atoms with Gasteiger partial charge in [0.1, 0.15) is 5.75 Å². The number of rotatable bonds is 5. The van der Waals surface area contributed by atoms with Crippen LogP contribution in [0.2, 0.25) is 0 Å². The van der Waals surface area contributed by atoms with Gasteiger partial charge < -0.3 is 4.74 Å². The minimum atomic E-state index is 0.232. The van der Waals surface area contributed by atoms with Crippen LogP contribution in [0.4, 0.5) is 0 Å². The van der Waals surface area contributed by atoms with Crippen LogP contribution in [0.1, 0.15) is 19.4 Å². The van der Waals surface area contributed by atoms with E-state index >= 15 is 0 Å². The van der Waals surface area contributed by atoms with Crippen molar-refractivity contribution in [3.8, 4) is 5.75 Å². The van der Waals surface area contributed by atoms with Crippen LogP contribution in [0.3, 0.4) is 0 Å². The molecular weight excluding hydrogens is 188 g/mol. The summed E-state index contributed by atoms with van der Waals surface area (Å²) >= 11 is 0. The van der Waals surface area contributed by atoms with E-state index in [2.05, 4.69) is 17.6 Å². The van der Waals surface area contributed by atoms with Gasteiger partial charge in [-0.15, -0.1) is 0 Å². The maximum Gasteiger partial charge on any atom is 0.119 e. The molecule has 0 unspecified atom stereocenters. The first kappa shape index (κ1) is 12.0. The zero-order valence-electron chi connectivity index (χ0n) is 9.95. The van der Waals surface area contributed by atoms with E-state index in [1.165, 1.54) is 5.56 Å². The number of hydrogen-bond donors (Lipinski definition) is 1. The lowest BCUT2D eigenvalue weighted by atomic mass is 10.2. The Labute approximate surface area is 92.0 Å². The van der Waals surface area contributed by atoms with Crippen molar-refractivity contribution in [2.45, 2.75) is 26.5 Å². The van der Waals surface area contributed by atoms with E-state index in [1.54, 1.807) is 0 Å². The van der Waals surface area contributed by atoms with Crippen molar-refractivity contribution in [2.24, 2.45) is 0 Å². The van der Waals surface area contributed by atoms with Gasteiger partial charge in [0.2, 0.25) is 0 Å². The Balaban J connectivity index is 2.49. The van der Waals surface area contributed by atoms with Crippen LogP contribution in [0.25, 0.3) is 0 Å². The molecule has 0 atom stereocenters. The molecule has 0 radical (unpaired) electrons. The van der Waals surface area contributed by atoms with Crippen LogP contribution in [-0.4, -0.2) is 25.2 Å². The van der Waals surface area contributed by atoms with Gasteiger partial charge in [0, 0.05) is 20.6 Å². The highest BCUT2D eigenvalue weighted by atomic mass is 16.5. The lowest BCUT2D eigenvalue weighted by molar-refractivity contribution is 0.242. The molecule has 0 saturated carbocycles. The van der Waals surface area contributed by atoms with Crippen molar-refractivity contribution in [2.75, 3.05) is 14.1 Å². The van der Waals surface area contributed by atoms with Gasteiger partial charge in [0.15, 0.2) is 0 Å². The smallest absolute Gasteiger partial charge is 0.119 e. The summed E-state index contributed by atoms with van der Waals surface area (Å²) in [5.41, 5.74) is 4.46. The molecule has 3 heteroatoms. The molecule has 0 amide bonds. The first-order chi connectivity index (χ1) is 7.08. The van der Waals surface area contributed by atoms with Crippen molar-refractivity contribution in [1.29, 1.82) is 0 Å². The van der Waals surface area contributed by atoms with Gasteiger partial charge in [-0.25, -0.2) is 0 Å². The summed E-state index contributed by atoms with van der Waals surface area (Å²) in [6.45, 7) is 4.90. The predicted molar refractivity (Wildman–Crippen MR) is 62.7 cm³/mol. The van der Waals surface area contributed by atoms with E-state index in [9.17, 15) is 0 Å². The topological polar surface area (TPSA) is 24.5 Å². The zero-order chi connectivity index (χ0) is 11.3. The summed E-state index contributed by atoms with van der Waals surface area (Å²) in [5, 5.41) is 1.94. The second-order valence-corrected chi connectivity index (χ2v) is 4.04. The fourth-order valence-corrected chi connectivity index (χ4v) is 1.21. The Hall–Kier alpha value is -1.06. The lowest BCUT2D eigenvalue weighted by Gasteiger charge is -2.13.